The first-order chi connectivity index (χ1) is 14.5. The fourth-order valence-electron chi connectivity index (χ4n) is 3.20. The van der Waals surface area contributed by atoms with Gasteiger partial charge in [0.25, 0.3) is 5.91 Å². The van der Waals surface area contributed by atoms with E-state index in [4.69, 9.17) is 14.2 Å². The highest BCUT2D eigenvalue weighted by Gasteiger charge is 2.37. The Morgan fingerprint density at radius 2 is 1.80 bits per heavy atom. The zero-order valence-electron chi connectivity index (χ0n) is 16.9. The molecule has 1 aliphatic rings. The number of methoxy groups -OCH3 is 2. The highest BCUT2D eigenvalue weighted by atomic mass is 16.5. The van der Waals surface area contributed by atoms with Gasteiger partial charge in [0.15, 0.2) is 6.61 Å². The fourth-order valence-corrected chi connectivity index (χ4v) is 3.20. The van der Waals surface area contributed by atoms with Crippen LogP contribution in [0.15, 0.2) is 48.5 Å². The maximum absolute atomic E-state index is 12.4. The molecule has 0 radical (unpaired) electrons. The molecule has 30 heavy (non-hydrogen) atoms. The topological polar surface area (TPSA) is 94.2 Å². The minimum Gasteiger partial charge on any atom is -0.497 e. The Hall–Kier alpha value is -3.55. The van der Waals surface area contributed by atoms with Crippen LogP contribution in [0.25, 0.3) is 0 Å². The predicted molar refractivity (Wildman–Crippen MR) is 109 cm³/mol. The van der Waals surface area contributed by atoms with E-state index in [-0.39, 0.29) is 18.9 Å². The van der Waals surface area contributed by atoms with Crippen molar-refractivity contribution >= 4 is 23.5 Å². The minimum atomic E-state index is -0.628. The smallest absolute Gasteiger partial charge is 0.311 e. The van der Waals surface area contributed by atoms with Crippen molar-refractivity contribution < 1.29 is 28.6 Å². The van der Waals surface area contributed by atoms with Gasteiger partial charge in [-0.25, -0.2) is 0 Å². The number of hydrogen-bond acceptors (Lipinski definition) is 6. The molecule has 158 valence electrons. The third kappa shape index (κ3) is 5.08. The Labute approximate surface area is 174 Å². The van der Waals surface area contributed by atoms with Gasteiger partial charge in [-0.15, -0.1) is 0 Å². The molecule has 2 aromatic rings. The molecule has 0 saturated carbocycles. The van der Waals surface area contributed by atoms with E-state index in [1.165, 1.54) is 12.0 Å². The van der Waals surface area contributed by atoms with Gasteiger partial charge in [0.05, 0.1) is 25.8 Å². The van der Waals surface area contributed by atoms with Crippen molar-refractivity contribution in [3.8, 4) is 11.5 Å². The number of hydrogen-bond donors (Lipinski definition) is 1. The SMILES string of the molecule is COc1ccc(CNC(=O)COC(=O)[C@@H]2CC(=O)N(c3ccccc3OC)C2)cc1. The number of nitrogens with zero attached hydrogens (tertiary/aromatic N) is 1. The number of carbonyl (C=O) groups excluding carboxylic acids is 3. The van der Waals surface area contributed by atoms with E-state index >= 15 is 0 Å². The number of nitrogens with one attached hydrogen (secondary N) is 1. The molecule has 1 fully saturated rings. The summed E-state index contributed by atoms with van der Waals surface area (Å²) in [6.45, 7) is 0.101. The number of anilines is 1. The molecule has 2 aromatic carbocycles. The number of carbonyl (C=O) groups is 3. The van der Waals surface area contributed by atoms with Crippen molar-refractivity contribution in [2.24, 2.45) is 5.92 Å². The van der Waals surface area contributed by atoms with Gasteiger partial charge < -0.3 is 24.4 Å². The van der Waals surface area contributed by atoms with Gasteiger partial charge in [-0.2, -0.15) is 0 Å². The molecule has 0 unspecified atom stereocenters. The van der Waals surface area contributed by atoms with Crippen LogP contribution in [0.5, 0.6) is 11.5 Å². The van der Waals surface area contributed by atoms with E-state index in [1.54, 1.807) is 43.5 Å². The second-order valence-electron chi connectivity index (χ2n) is 6.81. The van der Waals surface area contributed by atoms with Gasteiger partial charge in [-0.1, -0.05) is 24.3 Å². The molecule has 8 nitrogen and oxygen atoms in total. The van der Waals surface area contributed by atoms with Gasteiger partial charge in [0.2, 0.25) is 5.91 Å². The Morgan fingerprint density at radius 3 is 2.50 bits per heavy atom. The summed E-state index contributed by atoms with van der Waals surface area (Å²) in [4.78, 5) is 38.2. The number of esters is 1. The summed E-state index contributed by atoms with van der Waals surface area (Å²) in [5.41, 5.74) is 1.50. The van der Waals surface area contributed by atoms with Gasteiger partial charge >= 0.3 is 5.97 Å². The molecule has 0 aromatic heterocycles. The zero-order valence-corrected chi connectivity index (χ0v) is 16.9. The molecular formula is C22H24N2O6. The number of rotatable bonds is 8. The molecule has 0 aliphatic carbocycles. The molecule has 3 rings (SSSR count). The summed E-state index contributed by atoms with van der Waals surface area (Å²) in [6, 6.07) is 14.4. The van der Waals surface area contributed by atoms with Crippen LogP contribution in [0.1, 0.15) is 12.0 Å². The Bertz CT molecular complexity index is 912. The van der Waals surface area contributed by atoms with E-state index in [0.717, 1.165) is 11.3 Å². The van der Waals surface area contributed by atoms with Crippen LogP contribution >= 0.6 is 0 Å². The van der Waals surface area contributed by atoms with Gasteiger partial charge in [0.1, 0.15) is 11.5 Å². The number of benzene rings is 2. The van der Waals surface area contributed by atoms with Gasteiger partial charge in [-0.3, -0.25) is 14.4 Å². The largest absolute Gasteiger partial charge is 0.497 e. The van der Waals surface area contributed by atoms with Crippen LogP contribution in [0.2, 0.25) is 0 Å². The van der Waals surface area contributed by atoms with Crippen molar-refractivity contribution in [1.29, 1.82) is 0 Å². The van der Waals surface area contributed by atoms with E-state index in [2.05, 4.69) is 5.32 Å². The second-order valence-corrected chi connectivity index (χ2v) is 6.81. The van der Waals surface area contributed by atoms with E-state index < -0.39 is 24.4 Å². The number of ether oxygens (including phenoxy) is 3. The summed E-state index contributed by atoms with van der Waals surface area (Å²) in [5, 5.41) is 2.69. The van der Waals surface area contributed by atoms with Gasteiger partial charge in [-0.05, 0) is 29.8 Å². The Balaban J connectivity index is 1.47. The van der Waals surface area contributed by atoms with Crippen LogP contribution in [-0.2, 0) is 25.7 Å². The lowest BCUT2D eigenvalue weighted by molar-refractivity contribution is -0.152. The predicted octanol–water partition coefficient (Wildman–Crippen LogP) is 1.92. The number of amides is 2. The van der Waals surface area contributed by atoms with Crippen molar-refractivity contribution in [1.82, 2.24) is 5.32 Å². The zero-order chi connectivity index (χ0) is 21.5. The van der Waals surface area contributed by atoms with Gasteiger partial charge in [0, 0.05) is 19.5 Å². The molecule has 1 atom stereocenters. The summed E-state index contributed by atoms with van der Waals surface area (Å²) in [7, 11) is 3.11. The Morgan fingerprint density at radius 1 is 1.07 bits per heavy atom. The lowest BCUT2D eigenvalue weighted by atomic mass is 10.1. The highest BCUT2D eigenvalue weighted by molar-refractivity contribution is 6.00. The summed E-state index contributed by atoms with van der Waals surface area (Å²) in [5.74, 6) is -0.516. The maximum Gasteiger partial charge on any atom is 0.311 e. The fraction of sp³-hybridized carbons (Fsp3) is 0.318. The van der Waals surface area contributed by atoms with Crippen LogP contribution < -0.4 is 19.7 Å². The molecule has 8 heteroatoms. The summed E-state index contributed by atoms with van der Waals surface area (Å²) >= 11 is 0. The molecule has 2 amide bonds. The van der Waals surface area contributed by atoms with Crippen molar-refractivity contribution in [3.63, 3.8) is 0 Å². The maximum atomic E-state index is 12.4. The third-order valence-electron chi connectivity index (χ3n) is 4.83. The van der Waals surface area contributed by atoms with E-state index in [1.807, 2.05) is 12.1 Å². The minimum absolute atomic E-state index is 0.0321. The monoisotopic (exact) mass is 412 g/mol. The van der Waals surface area contributed by atoms with Crippen LogP contribution in [-0.4, -0.2) is 45.2 Å². The second kappa shape index (κ2) is 9.78. The van der Waals surface area contributed by atoms with Crippen LogP contribution in [0.3, 0.4) is 0 Å². The first-order valence-corrected chi connectivity index (χ1v) is 9.51. The molecule has 1 aliphatic heterocycles. The van der Waals surface area contributed by atoms with Crippen molar-refractivity contribution in [2.75, 3.05) is 32.3 Å². The standard InChI is InChI=1S/C22H24N2O6/c1-28-17-9-7-15(8-10-17)12-23-20(25)14-30-22(27)16-11-21(26)24(13-16)18-5-3-4-6-19(18)29-2/h3-10,16H,11-14H2,1-2H3,(H,23,25)/t16-/m1/s1. The lowest BCUT2D eigenvalue weighted by Crippen LogP contribution is -2.31. The van der Waals surface area contributed by atoms with Crippen molar-refractivity contribution in [2.45, 2.75) is 13.0 Å². The quantitative estimate of drug-likeness (QED) is 0.666. The van der Waals surface area contributed by atoms with E-state index in [0.29, 0.717) is 18.0 Å². The van der Waals surface area contributed by atoms with Crippen molar-refractivity contribution in [3.05, 3.63) is 54.1 Å². The average Bonchev–Trinajstić information content (AvgIpc) is 3.17. The Kier molecular flexibility index (Phi) is 6.90. The molecule has 0 spiro atoms. The normalized spacial score (nSPS) is 15.6. The molecule has 1 N–H and O–H groups in total. The van der Waals surface area contributed by atoms with Crippen LogP contribution in [0, 0.1) is 5.92 Å². The first-order valence-electron chi connectivity index (χ1n) is 9.51. The third-order valence-corrected chi connectivity index (χ3v) is 4.83. The average molecular weight is 412 g/mol. The molecule has 1 heterocycles. The van der Waals surface area contributed by atoms with Crippen LogP contribution in [0.4, 0.5) is 5.69 Å². The molecule has 0 bridgehead atoms. The summed E-state index contributed by atoms with van der Waals surface area (Å²) in [6.07, 6.45) is 0.0321. The molecular weight excluding hydrogens is 388 g/mol. The van der Waals surface area contributed by atoms with E-state index in [9.17, 15) is 14.4 Å². The lowest BCUT2D eigenvalue weighted by Gasteiger charge is -2.19. The summed E-state index contributed by atoms with van der Waals surface area (Å²) < 4.78 is 15.5. The first kappa shape index (κ1) is 21.2. The highest BCUT2D eigenvalue weighted by Crippen LogP contribution is 2.33. The number of para-hydroxylation sites is 2. The molecule has 1 saturated heterocycles.